The highest BCUT2D eigenvalue weighted by Crippen LogP contribution is 2.40. The molecule has 0 radical (unpaired) electrons. The van der Waals surface area contributed by atoms with Crippen LogP contribution in [-0.4, -0.2) is 41.2 Å². The van der Waals surface area contributed by atoms with Crippen molar-refractivity contribution in [3.05, 3.63) is 35.9 Å². The molecule has 4 heteroatoms. The van der Waals surface area contributed by atoms with Crippen LogP contribution in [-0.2, 0) is 16.1 Å². The summed E-state index contributed by atoms with van der Waals surface area (Å²) in [7, 11) is 0. The first-order valence-corrected chi connectivity index (χ1v) is 10.2. The number of nitrogens with zero attached hydrogens (tertiary/aromatic N) is 2. The monoisotopic (exact) mass is 354 g/mol. The summed E-state index contributed by atoms with van der Waals surface area (Å²) in [5, 5.41) is 0. The number of fused-ring (bicyclic) bond motifs is 1. The van der Waals surface area contributed by atoms with Crippen molar-refractivity contribution in [3.63, 3.8) is 0 Å². The van der Waals surface area contributed by atoms with Gasteiger partial charge in [0.15, 0.2) is 0 Å². The molecule has 3 fully saturated rings. The number of hydrogen-bond donors (Lipinski definition) is 0. The van der Waals surface area contributed by atoms with Crippen LogP contribution in [0.25, 0.3) is 0 Å². The van der Waals surface area contributed by atoms with Crippen LogP contribution in [0.1, 0.15) is 51.0 Å². The zero-order valence-electron chi connectivity index (χ0n) is 15.8. The zero-order valence-corrected chi connectivity index (χ0v) is 15.8. The van der Waals surface area contributed by atoms with Crippen LogP contribution in [0.4, 0.5) is 0 Å². The molecular formula is C22H30N2O2. The van der Waals surface area contributed by atoms with Gasteiger partial charge in [-0.15, -0.1) is 0 Å². The molecule has 0 unspecified atom stereocenters. The second-order valence-electron chi connectivity index (χ2n) is 8.82. The number of hydrogen-bond acceptors (Lipinski definition) is 2. The zero-order chi connectivity index (χ0) is 18.1. The summed E-state index contributed by atoms with van der Waals surface area (Å²) < 4.78 is 0. The summed E-state index contributed by atoms with van der Waals surface area (Å²) >= 11 is 0. The Morgan fingerprint density at radius 3 is 2.46 bits per heavy atom. The fourth-order valence-corrected chi connectivity index (χ4v) is 5.17. The van der Waals surface area contributed by atoms with E-state index in [1.54, 1.807) is 0 Å². The SMILES string of the molecule is CC1(C(=O)N2C[C@H]3CN(Cc4ccccc4)C(=O)C[C@H]3C2)CCCCC1. The second-order valence-corrected chi connectivity index (χ2v) is 8.82. The maximum Gasteiger partial charge on any atom is 0.228 e. The number of likely N-dealkylation sites (tertiary alicyclic amines) is 2. The third kappa shape index (κ3) is 3.38. The van der Waals surface area contributed by atoms with Crippen molar-refractivity contribution in [1.29, 1.82) is 0 Å². The summed E-state index contributed by atoms with van der Waals surface area (Å²) in [5.41, 5.74) is 1.01. The minimum atomic E-state index is -0.167. The Balaban J connectivity index is 1.41. The van der Waals surface area contributed by atoms with E-state index in [9.17, 15) is 9.59 Å². The first kappa shape index (κ1) is 17.6. The third-order valence-corrected chi connectivity index (χ3v) is 6.80. The van der Waals surface area contributed by atoms with Crippen LogP contribution < -0.4 is 0 Å². The molecule has 26 heavy (non-hydrogen) atoms. The molecule has 1 aromatic rings. The average molecular weight is 354 g/mol. The van der Waals surface area contributed by atoms with Gasteiger partial charge in [-0.3, -0.25) is 9.59 Å². The van der Waals surface area contributed by atoms with E-state index in [2.05, 4.69) is 24.0 Å². The lowest BCUT2D eigenvalue weighted by Gasteiger charge is -2.35. The Hall–Kier alpha value is -1.84. The van der Waals surface area contributed by atoms with Crippen molar-refractivity contribution in [3.8, 4) is 0 Å². The lowest BCUT2D eigenvalue weighted by Crippen LogP contribution is -2.43. The van der Waals surface area contributed by atoms with Crippen LogP contribution in [0.15, 0.2) is 30.3 Å². The highest BCUT2D eigenvalue weighted by atomic mass is 16.2. The van der Waals surface area contributed by atoms with E-state index in [-0.39, 0.29) is 11.3 Å². The number of rotatable bonds is 3. The maximum absolute atomic E-state index is 13.1. The molecular weight excluding hydrogens is 324 g/mol. The number of piperidine rings is 1. The highest BCUT2D eigenvalue weighted by molar-refractivity contribution is 5.83. The highest BCUT2D eigenvalue weighted by Gasteiger charge is 2.45. The van der Waals surface area contributed by atoms with Crippen molar-refractivity contribution in [1.82, 2.24) is 9.80 Å². The smallest absolute Gasteiger partial charge is 0.228 e. The number of benzene rings is 1. The quantitative estimate of drug-likeness (QED) is 0.834. The van der Waals surface area contributed by atoms with Crippen LogP contribution in [0.3, 0.4) is 0 Å². The van der Waals surface area contributed by atoms with Crippen molar-refractivity contribution in [2.45, 2.75) is 52.0 Å². The van der Waals surface area contributed by atoms with Gasteiger partial charge in [0.2, 0.25) is 11.8 Å². The van der Waals surface area contributed by atoms with Crippen LogP contribution >= 0.6 is 0 Å². The molecule has 0 N–H and O–H groups in total. The van der Waals surface area contributed by atoms with Gasteiger partial charge in [0.05, 0.1) is 0 Å². The van der Waals surface area contributed by atoms with Crippen molar-refractivity contribution in [2.75, 3.05) is 19.6 Å². The summed E-state index contributed by atoms with van der Waals surface area (Å²) in [6.07, 6.45) is 6.25. The van der Waals surface area contributed by atoms with Gasteiger partial charge in [-0.05, 0) is 30.2 Å². The Labute approximate surface area is 156 Å². The van der Waals surface area contributed by atoms with Crippen molar-refractivity contribution >= 4 is 11.8 Å². The number of amides is 2. The van der Waals surface area contributed by atoms with Gasteiger partial charge in [0.25, 0.3) is 0 Å². The largest absolute Gasteiger partial charge is 0.342 e. The summed E-state index contributed by atoms with van der Waals surface area (Å²) in [4.78, 5) is 29.8. The minimum Gasteiger partial charge on any atom is -0.342 e. The molecule has 1 saturated carbocycles. The van der Waals surface area contributed by atoms with Gasteiger partial charge in [0.1, 0.15) is 0 Å². The summed E-state index contributed by atoms with van der Waals surface area (Å²) in [6.45, 7) is 5.25. The Kier molecular flexibility index (Phi) is 4.76. The van der Waals surface area contributed by atoms with E-state index in [0.29, 0.717) is 30.7 Å². The Bertz CT molecular complexity index is 666. The standard InChI is InChI=1S/C22H30N2O2/c1-22(10-6-3-7-11-22)21(26)24-14-18-12-20(25)23(15-19(18)16-24)13-17-8-4-2-5-9-17/h2,4-5,8-9,18-19H,3,6-7,10-16H2,1H3/t18-,19+/m0/s1. The van der Waals surface area contributed by atoms with Crippen LogP contribution in [0.5, 0.6) is 0 Å². The second kappa shape index (κ2) is 7.05. The average Bonchev–Trinajstić information content (AvgIpc) is 3.05. The first-order valence-electron chi connectivity index (χ1n) is 10.2. The van der Waals surface area contributed by atoms with Crippen molar-refractivity contribution < 1.29 is 9.59 Å². The predicted molar refractivity (Wildman–Crippen MR) is 101 cm³/mol. The van der Waals surface area contributed by atoms with E-state index in [4.69, 9.17) is 0 Å². The lowest BCUT2D eigenvalue weighted by molar-refractivity contribution is -0.142. The van der Waals surface area contributed by atoms with E-state index < -0.39 is 0 Å². The fourth-order valence-electron chi connectivity index (χ4n) is 5.17. The molecule has 0 bridgehead atoms. The predicted octanol–water partition coefficient (Wildman–Crippen LogP) is 3.46. The third-order valence-electron chi connectivity index (χ3n) is 6.80. The van der Waals surface area contributed by atoms with Gasteiger partial charge in [-0.1, -0.05) is 56.5 Å². The molecule has 4 rings (SSSR count). The molecule has 2 saturated heterocycles. The molecule has 0 spiro atoms. The van der Waals surface area contributed by atoms with Crippen LogP contribution in [0, 0.1) is 17.3 Å². The number of carbonyl (C=O) groups is 2. The lowest BCUT2D eigenvalue weighted by atomic mass is 9.74. The van der Waals surface area contributed by atoms with Gasteiger partial charge in [-0.2, -0.15) is 0 Å². The van der Waals surface area contributed by atoms with E-state index in [1.807, 2.05) is 23.1 Å². The molecule has 2 aliphatic heterocycles. The van der Waals surface area contributed by atoms with Crippen LogP contribution in [0.2, 0.25) is 0 Å². The molecule has 2 heterocycles. The van der Waals surface area contributed by atoms with Crippen molar-refractivity contribution in [2.24, 2.45) is 17.3 Å². The Morgan fingerprint density at radius 1 is 1.04 bits per heavy atom. The minimum absolute atomic E-state index is 0.167. The molecule has 1 aromatic carbocycles. The van der Waals surface area contributed by atoms with Gasteiger partial charge >= 0.3 is 0 Å². The van der Waals surface area contributed by atoms with Gasteiger partial charge in [-0.25, -0.2) is 0 Å². The van der Waals surface area contributed by atoms with E-state index in [0.717, 1.165) is 32.5 Å². The Morgan fingerprint density at radius 2 is 1.73 bits per heavy atom. The maximum atomic E-state index is 13.1. The molecule has 2 amide bonds. The molecule has 140 valence electrons. The molecule has 3 aliphatic rings. The molecule has 0 aromatic heterocycles. The normalized spacial score (nSPS) is 28.1. The van der Waals surface area contributed by atoms with E-state index in [1.165, 1.54) is 24.8 Å². The molecule has 4 nitrogen and oxygen atoms in total. The fraction of sp³-hybridized carbons (Fsp3) is 0.636. The first-order chi connectivity index (χ1) is 12.5. The molecule has 2 atom stereocenters. The number of carbonyl (C=O) groups excluding carboxylic acids is 2. The van der Waals surface area contributed by atoms with Gasteiger partial charge < -0.3 is 9.80 Å². The summed E-state index contributed by atoms with van der Waals surface area (Å²) in [6, 6.07) is 10.2. The molecule has 1 aliphatic carbocycles. The topological polar surface area (TPSA) is 40.6 Å². The van der Waals surface area contributed by atoms with E-state index >= 15 is 0 Å². The summed E-state index contributed by atoms with van der Waals surface area (Å²) in [5.74, 6) is 1.38. The van der Waals surface area contributed by atoms with Gasteiger partial charge in [0, 0.05) is 38.0 Å².